The second-order valence-electron chi connectivity index (χ2n) is 9.28. The lowest BCUT2D eigenvalue weighted by atomic mass is 9.83. The van der Waals surface area contributed by atoms with Crippen molar-refractivity contribution in [3.8, 4) is 11.5 Å². The number of fused-ring (bicyclic) bond motifs is 3. The largest absolute Gasteiger partial charge is 0.497 e. The molecule has 1 atom stereocenters. The standard InChI is InChI=1S/C28H20N4O7S/c1-39-22-9-5-4-8-18(22)25-19-11-10-16-6-2-3-7-17(16)24(19)29-28-30(25)27(34)23(40-28)14-15-12-20(31(35)36)26(33)21(13-15)32(37)38/h2-9,12-14,25,33H,10-11H2,1H3/b23-14-/t25-/m1/s1. The number of ether oxygens (including phenoxy) is 1. The second-order valence-corrected chi connectivity index (χ2v) is 10.3. The number of rotatable bonds is 5. The summed E-state index contributed by atoms with van der Waals surface area (Å²) in [6.45, 7) is 0. The van der Waals surface area contributed by atoms with Crippen molar-refractivity contribution >= 4 is 34.5 Å². The molecule has 200 valence electrons. The number of allylic oxidation sites excluding steroid dienone is 1. The van der Waals surface area contributed by atoms with Crippen LogP contribution >= 0.6 is 11.3 Å². The molecule has 0 fully saturated rings. The molecule has 2 aliphatic rings. The first kappa shape index (κ1) is 25.2. The summed E-state index contributed by atoms with van der Waals surface area (Å²) in [5.41, 5.74) is 2.68. The van der Waals surface area contributed by atoms with Crippen molar-refractivity contribution in [2.24, 2.45) is 4.99 Å². The maximum absolute atomic E-state index is 13.9. The quantitative estimate of drug-likeness (QED) is 0.290. The molecule has 0 saturated heterocycles. The molecule has 6 rings (SSSR count). The number of para-hydroxylation sites is 1. The maximum Gasteiger partial charge on any atom is 0.318 e. The molecule has 0 amide bonds. The number of aromatic hydroxyl groups is 1. The van der Waals surface area contributed by atoms with Crippen molar-refractivity contribution in [3.63, 3.8) is 0 Å². The van der Waals surface area contributed by atoms with Gasteiger partial charge in [-0.15, -0.1) is 0 Å². The van der Waals surface area contributed by atoms with Crippen LogP contribution in [0.3, 0.4) is 0 Å². The number of thiazole rings is 1. The molecule has 0 bridgehead atoms. The highest BCUT2D eigenvalue weighted by Gasteiger charge is 2.34. The fourth-order valence-corrected chi connectivity index (χ4v) is 6.33. The number of hydrogen-bond acceptors (Lipinski definition) is 9. The van der Waals surface area contributed by atoms with Crippen LogP contribution in [-0.4, -0.2) is 26.6 Å². The summed E-state index contributed by atoms with van der Waals surface area (Å²) in [5.74, 6) is -0.435. The number of benzene rings is 3. The van der Waals surface area contributed by atoms with Gasteiger partial charge in [-0.25, -0.2) is 4.99 Å². The van der Waals surface area contributed by atoms with Crippen molar-refractivity contribution in [1.82, 2.24) is 4.57 Å². The van der Waals surface area contributed by atoms with Crippen LogP contribution in [-0.2, 0) is 6.42 Å². The van der Waals surface area contributed by atoms with E-state index in [1.165, 1.54) is 6.08 Å². The van der Waals surface area contributed by atoms with E-state index in [9.17, 15) is 30.1 Å². The minimum Gasteiger partial charge on any atom is -0.497 e. The molecule has 4 aromatic rings. The summed E-state index contributed by atoms with van der Waals surface area (Å²) in [6, 6.07) is 16.9. The Morgan fingerprint density at radius 3 is 2.42 bits per heavy atom. The molecule has 11 nitrogen and oxygen atoms in total. The van der Waals surface area contributed by atoms with Crippen LogP contribution in [0.5, 0.6) is 11.5 Å². The van der Waals surface area contributed by atoms with Gasteiger partial charge in [-0.05, 0) is 41.7 Å². The highest BCUT2D eigenvalue weighted by Crippen LogP contribution is 2.43. The lowest BCUT2D eigenvalue weighted by molar-refractivity contribution is -0.396. The van der Waals surface area contributed by atoms with Crippen molar-refractivity contribution < 1.29 is 19.7 Å². The summed E-state index contributed by atoms with van der Waals surface area (Å²) >= 11 is 1.08. The van der Waals surface area contributed by atoms with Gasteiger partial charge in [0, 0.05) is 23.3 Å². The number of nitro groups is 2. The predicted molar refractivity (Wildman–Crippen MR) is 147 cm³/mol. The SMILES string of the molecule is COc1ccccc1[C@@H]1C2=C(N=c3s/c(=C\c4cc([N+](=O)[O-])c(O)c([N+](=O)[O-])c4)c(=O)n31)c1ccccc1CC2. The molecule has 1 aliphatic carbocycles. The molecule has 40 heavy (non-hydrogen) atoms. The van der Waals surface area contributed by atoms with Crippen LogP contribution in [0.4, 0.5) is 11.4 Å². The van der Waals surface area contributed by atoms with Gasteiger partial charge in [-0.1, -0.05) is 53.8 Å². The Bertz CT molecular complexity index is 1920. The van der Waals surface area contributed by atoms with Crippen LogP contribution in [0.2, 0.25) is 0 Å². The van der Waals surface area contributed by atoms with Crippen LogP contribution in [0.25, 0.3) is 11.8 Å². The molecule has 0 spiro atoms. The van der Waals surface area contributed by atoms with E-state index in [0.29, 0.717) is 17.0 Å². The summed E-state index contributed by atoms with van der Waals surface area (Å²) < 4.78 is 7.43. The van der Waals surface area contributed by atoms with E-state index < -0.39 is 38.6 Å². The molecule has 0 saturated carbocycles. The average Bonchev–Trinajstić information content (AvgIpc) is 3.26. The summed E-state index contributed by atoms with van der Waals surface area (Å²) in [4.78, 5) is 40.3. The van der Waals surface area contributed by atoms with Gasteiger partial charge < -0.3 is 9.84 Å². The summed E-state index contributed by atoms with van der Waals surface area (Å²) in [5, 5.41) is 32.9. The second kappa shape index (κ2) is 9.58. The van der Waals surface area contributed by atoms with Crippen molar-refractivity contribution in [2.75, 3.05) is 7.11 Å². The lowest BCUT2D eigenvalue weighted by Gasteiger charge is -2.31. The van der Waals surface area contributed by atoms with Gasteiger partial charge in [0.2, 0.25) is 0 Å². The number of aryl methyl sites for hydroxylation is 1. The molecular weight excluding hydrogens is 536 g/mol. The molecule has 0 radical (unpaired) electrons. The Kier molecular flexibility index (Phi) is 6.03. The third-order valence-electron chi connectivity index (χ3n) is 7.09. The lowest BCUT2D eigenvalue weighted by Crippen LogP contribution is -2.39. The van der Waals surface area contributed by atoms with E-state index in [1.54, 1.807) is 11.7 Å². The van der Waals surface area contributed by atoms with Crippen molar-refractivity contribution in [1.29, 1.82) is 0 Å². The van der Waals surface area contributed by atoms with Gasteiger partial charge in [0.1, 0.15) is 5.75 Å². The van der Waals surface area contributed by atoms with Gasteiger partial charge in [0.25, 0.3) is 11.3 Å². The number of aromatic nitrogens is 1. The van der Waals surface area contributed by atoms with Crippen LogP contribution in [0.15, 0.2) is 76.0 Å². The number of phenols is 1. The monoisotopic (exact) mass is 556 g/mol. The minimum absolute atomic E-state index is 0.0319. The fourth-order valence-electron chi connectivity index (χ4n) is 5.33. The molecule has 1 aliphatic heterocycles. The van der Waals surface area contributed by atoms with E-state index >= 15 is 0 Å². The molecule has 3 aromatic carbocycles. The number of phenolic OH excluding ortho intramolecular Hbond substituents is 1. The van der Waals surface area contributed by atoms with Gasteiger partial charge in [0.15, 0.2) is 4.80 Å². The van der Waals surface area contributed by atoms with Gasteiger partial charge >= 0.3 is 11.4 Å². The number of hydrogen-bond donors (Lipinski definition) is 1. The van der Waals surface area contributed by atoms with E-state index in [2.05, 4.69) is 6.07 Å². The molecule has 0 unspecified atom stereocenters. The molecule has 2 heterocycles. The van der Waals surface area contributed by atoms with Crippen molar-refractivity contribution in [2.45, 2.75) is 18.9 Å². The predicted octanol–water partition coefficient (Wildman–Crippen LogP) is 3.85. The van der Waals surface area contributed by atoms with Gasteiger partial charge in [-0.2, -0.15) is 0 Å². The molecule has 12 heteroatoms. The van der Waals surface area contributed by atoms with Crippen LogP contribution in [0.1, 0.15) is 34.7 Å². The zero-order chi connectivity index (χ0) is 28.1. The minimum atomic E-state index is -1.05. The summed E-state index contributed by atoms with van der Waals surface area (Å²) in [7, 11) is 1.57. The number of nitro benzene ring substituents is 2. The van der Waals surface area contributed by atoms with E-state index in [4.69, 9.17) is 9.73 Å². The van der Waals surface area contributed by atoms with E-state index in [1.807, 2.05) is 42.5 Å². The smallest absolute Gasteiger partial charge is 0.318 e. The first-order valence-electron chi connectivity index (χ1n) is 12.2. The number of nitrogens with zero attached hydrogens (tertiary/aromatic N) is 4. The number of methoxy groups -OCH3 is 1. The van der Waals surface area contributed by atoms with Gasteiger partial charge in [0.05, 0.1) is 33.2 Å². The van der Waals surface area contributed by atoms with Gasteiger partial charge in [-0.3, -0.25) is 29.6 Å². The fraction of sp³-hybridized carbons (Fsp3) is 0.143. The first-order valence-corrected chi connectivity index (χ1v) is 13.0. The normalized spacial score (nSPS) is 16.0. The maximum atomic E-state index is 13.9. The van der Waals surface area contributed by atoms with Crippen LogP contribution < -0.4 is 19.6 Å². The zero-order valence-electron chi connectivity index (χ0n) is 20.9. The molecule has 1 aromatic heterocycles. The van der Waals surface area contributed by atoms with Crippen LogP contribution in [0, 0.1) is 20.2 Å². The Hall–Kier alpha value is -5.10. The molecular formula is C28H20N4O7S. The summed E-state index contributed by atoms with van der Waals surface area (Å²) in [6.07, 6.45) is 2.80. The third-order valence-corrected chi connectivity index (χ3v) is 8.07. The Balaban J connectivity index is 1.63. The topological polar surface area (TPSA) is 150 Å². The Morgan fingerprint density at radius 1 is 1.05 bits per heavy atom. The highest BCUT2D eigenvalue weighted by atomic mass is 32.1. The molecule has 1 N–H and O–H groups in total. The zero-order valence-corrected chi connectivity index (χ0v) is 21.8. The Morgan fingerprint density at radius 2 is 1.73 bits per heavy atom. The Labute approximate surface area is 229 Å². The highest BCUT2D eigenvalue weighted by molar-refractivity contribution is 7.07. The van der Waals surface area contributed by atoms with E-state index in [-0.39, 0.29) is 10.1 Å². The first-order chi connectivity index (χ1) is 19.3. The van der Waals surface area contributed by atoms with Crippen molar-refractivity contribution in [3.05, 3.63) is 128 Å². The average molecular weight is 557 g/mol. The third kappa shape index (κ3) is 3.96. The van der Waals surface area contributed by atoms with E-state index in [0.717, 1.165) is 57.9 Å².